The third kappa shape index (κ3) is 3.75. The first-order chi connectivity index (χ1) is 16.0. The molecule has 34 heavy (non-hydrogen) atoms. The van der Waals surface area contributed by atoms with Crippen molar-refractivity contribution < 1.29 is 10.2 Å². The summed E-state index contributed by atoms with van der Waals surface area (Å²) in [5, 5.41) is 36.4. The predicted octanol–water partition coefficient (Wildman–Crippen LogP) is 5.70. The van der Waals surface area contributed by atoms with Gasteiger partial charge >= 0.3 is 0 Å². The molecule has 4 aliphatic rings. The van der Waals surface area contributed by atoms with Gasteiger partial charge in [0.2, 0.25) is 0 Å². The van der Waals surface area contributed by atoms with Gasteiger partial charge in [0, 0.05) is 6.20 Å². The van der Waals surface area contributed by atoms with Gasteiger partial charge < -0.3 is 10.2 Å². The lowest BCUT2D eigenvalue weighted by Crippen LogP contribution is -2.55. The largest absolute Gasteiger partial charge is 0.390 e. The third-order valence-electron chi connectivity index (χ3n) is 11.8. The van der Waals surface area contributed by atoms with Crippen LogP contribution in [0.1, 0.15) is 104 Å². The summed E-state index contributed by atoms with van der Waals surface area (Å²) in [5.74, 6) is 3.22. The first-order valence-electron chi connectivity index (χ1n) is 13.9. The van der Waals surface area contributed by atoms with Gasteiger partial charge in [-0.2, -0.15) is 10.4 Å². The van der Waals surface area contributed by atoms with Crippen molar-refractivity contribution in [1.82, 2.24) is 9.78 Å². The maximum atomic E-state index is 12.0. The van der Waals surface area contributed by atoms with Crippen LogP contribution < -0.4 is 0 Å². The highest BCUT2D eigenvalue weighted by molar-refractivity contribution is 5.22. The number of hydrogen-bond acceptors (Lipinski definition) is 4. The molecule has 4 saturated carbocycles. The maximum absolute atomic E-state index is 12.0. The Kier molecular flexibility index (Phi) is 5.97. The van der Waals surface area contributed by atoms with E-state index in [9.17, 15) is 15.5 Å². The number of fused-ring (bicyclic) bond motifs is 5. The summed E-state index contributed by atoms with van der Waals surface area (Å²) in [7, 11) is 0. The molecule has 0 spiro atoms. The Hall–Kier alpha value is -1.38. The summed E-state index contributed by atoms with van der Waals surface area (Å²) in [4.78, 5) is 0. The number of hydrogen-bond donors (Lipinski definition) is 2. The second-order valence-electron chi connectivity index (χ2n) is 13.4. The Morgan fingerprint density at radius 1 is 1.03 bits per heavy atom. The highest BCUT2D eigenvalue weighted by Gasteiger charge is 2.62. The van der Waals surface area contributed by atoms with Gasteiger partial charge in [0.1, 0.15) is 6.07 Å². The summed E-state index contributed by atoms with van der Waals surface area (Å²) in [6.07, 6.45) is 15.8. The number of nitrogens with zero attached hydrogens (tertiary/aromatic N) is 3. The molecule has 4 fully saturated rings. The molecule has 0 saturated heterocycles. The minimum absolute atomic E-state index is 0.163. The quantitative estimate of drug-likeness (QED) is 0.595. The van der Waals surface area contributed by atoms with Gasteiger partial charge in [-0.3, -0.25) is 4.68 Å². The van der Waals surface area contributed by atoms with Crippen LogP contribution in [0.3, 0.4) is 0 Å². The van der Waals surface area contributed by atoms with Crippen molar-refractivity contribution in [2.45, 2.75) is 116 Å². The molecule has 5 heteroatoms. The number of rotatable bonds is 4. The molecule has 0 bridgehead atoms. The zero-order valence-corrected chi connectivity index (χ0v) is 21.8. The molecular formula is C29H45N3O2. The summed E-state index contributed by atoms with van der Waals surface area (Å²) < 4.78 is 1.79. The van der Waals surface area contributed by atoms with E-state index >= 15 is 0 Å². The predicted molar refractivity (Wildman–Crippen MR) is 133 cm³/mol. The van der Waals surface area contributed by atoms with Gasteiger partial charge in [-0.05, 0) is 118 Å². The van der Waals surface area contributed by atoms with Crippen molar-refractivity contribution in [2.24, 2.45) is 40.4 Å². The summed E-state index contributed by atoms with van der Waals surface area (Å²) >= 11 is 0. The van der Waals surface area contributed by atoms with E-state index in [4.69, 9.17) is 0 Å². The smallest absolute Gasteiger partial charge is 0.102 e. The normalized spacial score (nSPS) is 45.9. The van der Waals surface area contributed by atoms with E-state index in [0.29, 0.717) is 29.9 Å². The van der Waals surface area contributed by atoms with Gasteiger partial charge in [0.15, 0.2) is 0 Å². The monoisotopic (exact) mass is 467 g/mol. The number of nitriles is 1. The lowest BCUT2D eigenvalue weighted by Gasteiger charge is -2.60. The molecule has 0 aliphatic heterocycles. The summed E-state index contributed by atoms with van der Waals surface area (Å²) in [5.41, 5.74) is -0.213. The SMILES string of the molecule is CC[C@](O)(Cn1cc(C#N)cn1)[C@H]1CC[C@H]2[C@@H]3CC[C@H]4CC[C@](C)(O)CC[C@]4(C)[C@H]3CC[C@]12C. The third-order valence-corrected chi connectivity index (χ3v) is 11.8. The minimum atomic E-state index is -0.794. The van der Waals surface area contributed by atoms with Crippen molar-refractivity contribution in [1.29, 1.82) is 5.26 Å². The summed E-state index contributed by atoms with van der Waals surface area (Å²) in [6, 6.07) is 2.16. The Balaban J connectivity index is 1.39. The van der Waals surface area contributed by atoms with E-state index in [2.05, 4.69) is 38.9 Å². The molecule has 4 aliphatic carbocycles. The van der Waals surface area contributed by atoms with Gasteiger partial charge in [0.05, 0.1) is 29.5 Å². The van der Waals surface area contributed by atoms with E-state index in [1.165, 1.54) is 38.5 Å². The van der Waals surface area contributed by atoms with E-state index in [-0.39, 0.29) is 11.3 Å². The van der Waals surface area contributed by atoms with Gasteiger partial charge in [0.25, 0.3) is 0 Å². The van der Waals surface area contributed by atoms with E-state index in [1.807, 2.05) is 0 Å². The van der Waals surface area contributed by atoms with Crippen LogP contribution in [0.25, 0.3) is 0 Å². The van der Waals surface area contributed by atoms with Crippen molar-refractivity contribution in [3.63, 3.8) is 0 Å². The molecule has 5 rings (SSSR count). The van der Waals surface area contributed by atoms with Crippen molar-refractivity contribution >= 4 is 0 Å². The summed E-state index contributed by atoms with van der Waals surface area (Å²) in [6.45, 7) is 9.69. The van der Waals surface area contributed by atoms with Crippen LogP contribution in [-0.4, -0.2) is 31.2 Å². The Morgan fingerprint density at radius 3 is 2.50 bits per heavy atom. The van der Waals surface area contributed by atoms with Crippen molar-refractivity contribution in [2.75, 3.05) is 0 Å². The van der Waals surface area contributed by atoms with E-state index in [0.717, 1.165) is 43.4 Å². The van der Waals surface area contributed by atoms with Crippen LogP contribution in [0.2, 0.25) is 0 Å². The van der Waals surface area contributed by atoms with Crippen LogP contribution >= 0.6 is 0 Å². The van der Waals surface area contributed by atoms with Crippen LogP contribution in [0.5, 0.6) is 0 Å². The standard InChI is InChI=1S/C29H45N3O2/c1-5-29(34,19-32-18-20(16-30)17-31-32)25-9-8-23-22-7-6-21-10-12-26(2,33)14-15-27(21,3)24(22)11-13-28(23,25)4/h17-18,21-25,33-34H,5-15,19H2,1-4H3/t21-,22-,23-,24-,25-,26-,27-,28-,29-/m0/s1. The second-order valence-corrected chi connectivity index (χ2v) is 13.4. The first kappa shape index (κ1) is 24.3. The lowest BCUT2D eigenvalue weighted by atomic mass is 9.45. The van der Waals surface area contributed by atoms with Crippen LogP contribution in [-0.2, 0) is 6.54 Å². The van der Waals surface area contributed by atoms with Crippen LogP contribution in [0.4, 0.5) is 0 Å². The average Bonchev–Trinajstić information content (AvgIpc) is 3.38. The molecular weight excluding hydrogens is 422 g/mol. The fourth-order valence-corrected chi connectivity index (χ4v) is 9.69. The zero-order valence-electron chi connectivity index (χ0n) is 21.8. The minimum Gasteiger partial charge on any atom is -0.390 e. The van der Waals surface area contributed by atoms with Crippen molar-refractivity contribution in [3.05, 3.63) is 18.0 Å². The Bertz CT molecular complexity index is 949. The van der Waals surface area contributed by atoms with E-state index < -0.39 is 11.2 Å². The van der Waals surface area contributed by atoms with Crippen LogP contribution in [0, 0.1) is 51.8 Å². The average molecular weight is 468 g/mol. The van der Waals surface area contributed by atoms with Gasteiger partial charge in [-0.1, -0.05) is 20.8 Å². The highest BCUT2D eigenvalue weighted by atomic mass is 16.3. The molecule has 1 aromatic heterocycles. The Labute approximate surface area is 205 Å². The lowest BCUT2D eigenvalue weighted by molar-refractivity contribution is -0.137. The highest BCUT2D eigenvalue weighted by Crippen LogP contribution is 2.68. The van der Waals surface area contributed by atoms with Gasteiger partial charge in [-0.25, -0.2) is 0 Å². The van der Waals surface area contributed by atoms with E-state index in [1.54, 1.807) is 17.1 Å². The molecule has 188 valence electrons. The molecule has 1 aromatic rings. The molecule has 1 heterocycles. The molecule has 0 aromatic carbocycles. The number of aromatic nitrogens is 2. The second kappa shape index (κ2) is 8.34. The number of aliphatic hydroxyl groups is 2. The van der Waals surface area contributed by atoms with Crippen LogP contribution in [0.15, 0.2) is 12.4 Å². The maximum Gasteiger partial charge on any atom is 0.102 e. The molecule has 0 radical (unpaired) electrons. The first-order valence-corrected chi connectivity index (χ1v) is 13.9. The molecule has 5 nitrogen and oxygen atoms in total. The fourth-order valence-electron chi connectivity index (χ4n) is 9.69. The Morgan fingerprint density at radius 2 is 1.79 bits per heavy atom. The molecule has 9 atom stereocenters. The zero-order chi connectivity index (χ0) is 24.4. The fraction of sp³-hybridized carbons (Fsp3) is 0.862. The topological polar surface area (TPSA) is 82.1 Å². The molecule has 0 unspecified atom stereocenters. The molecule has 2 N–H and O–H groups in total. The molecule has 0 amide bonds. The van der Waals surface area contributed by atoms with Crippen molar-refractivity contribution in [3.8, 4) is 6.07 Å². The van der Waals surface area contributed by atoms with Gasteiger partial charge in [-0.15, -0.1) is 0 Å².